The van der Waals surface area contributed by atoms with Gasteiger partial charge in [-0.1, -0.05) is 0 Å². The van der Waals surface area contributed by atoms with Gasteiger partial charge in [-0.15, -0.1) is 0 Å². The van der Waals surface area contributed by atoms with E-state index in [9.17, 15) is 4.79 Å². The number of nitrogens with zero attached hydrogens (tertiary/aromatic N) is 2. The SMILES string of the molecule is Cc1cc(Sc2ncccn2)ccc1NC(=O)CC1CCCN1. The van der Waals surface area contributed by atoms with Gasteiger partial charge in [0.25, 0.3) is 0 Å². The monoisotopic (exact) mass is 328 g/mol. The van der Waals surface area contributed by atoms with Crippen LogP contribution < -0.4 is 10.6 Å². The molecule has 0 saturated carbocycles. The van der Waals surface area contributed by atoms with Gasteiger partial charge in [0.1, 0.15) is 0 Å². The summed E-state index contributed by atoms with van der Waals surface area (Å²) in [5, 5.41) is 7.07. The molecule has 1 unspecified atom stereocenters. The maximum atomic E-state index is 12.1. The third-order valence-electron chi connectivity index (χ3n) is 3.82. The van der Waals surface area contributed by atoms with Gasteiger partial charge in [0.2, 0.25) is 5.91 Å². The molecule has 3 rings (SSSR count). The Morgan fingerprint density at radius 3 is 2.91 bits per heavy atom. The zero-order chi connectivity index (χ0) is 16.1. The van der Waals surface area contributed by atoms with Crippen molar-refractivity contribution in [2.24, 2.45) is 0 Å². The largest absolute Gasteiger partial charge is 0.326 e. The molecule has 0 spiro atoms. The summed E-state index contributed by atoms with van der Waals surface area (Å²) < 4.78 is 0. The summed E-state index contributed by atoms with van der Waals surface area (Å²) >= 11 is 1.51. The number of hydrogen-bond donors (Lipinski definition) is 2. The van der Waals surface area contributed by atoms with E-state index in [4.69, 9.17) is 0 Å². The number of carbonyl (C=O) groups is 1. The predicted octanol–water partition coefficient (Wildman–Crippen LogP) is 3.02. The average Bonchev–Trinajstić information content (AvgIpc) is 3.04. The van der Waals surface area contributed by atoms with Crippen LogP contribution in [0.1, 0.15) is 24.8 Å². The van der Waals surface area contributed by atoms with Gasteiger partial charge in [0, 0.05) is 35.4 Å². The predicted molar refractivity (Wildman–Crippen MR) is 91.6 cm³/mol. The smallest absolute Gasteiger partial charge is 0.225 e. The molecule has 0 radical (unpaired) electrons. The fourth-order valence-corrected chi connectivity index (χ4v) is 3.45. The highest BCUT2D eigenvalue weighted by atomic mass is 32.2. The first-order valence-corrected chi connectivity index (χ1v) is 8.61. The summed E-state index contributed by atoms with van der Waals surface area (Å²) in [7, 11) is 0. The van der Waals surface area contributed by atoms with Crippen molar-refractivity contribution in [2.75, 3.05) is 11.9 Å². The minimum atomic E-state index is 0.0688. The van der Waals surface area contributed by atoms with Gasteiger partial charge < -0.3 is 10.6 Å². The molecule has 1 aliphatic rings. The summed E-state index contributed by atoms with van der Waals surface area (Å²) in [5.74, 6) is 0.0688. The molecule has 1 amide bonds. The fourth-order valence-electron chi connectivity index (χ4n) is 2.64. The lowest BCUT2D eigenvalue weighted by Gasteiger charge is -2.12. The van der Waals surface area contributed by atoms with Crippen LogP contribution in [0.2, 0.25) is 0 Å². The number of nitrogens with one attached hydrogen (secondary N) is 2. The van der Waals surface area contributed by atoms with Crippen LogP contribution in [0.25, 0.3) is 0 Å². The third-order valence-corrected chi connectivity index (χ3v) is 4.70. The zero-order valence-electron chi connectivity index (χ0n) is 13.1. The van der Waals surface area contributed by atoms with Crippen LogP contribution in [0, 0.1) is 6.92 Å². The fraction of sp³-hybridized carbons (Fsp3) is 0.353. The molecule has 1 saturated heterocycles. The van der Waals surface area contributed by atoms with Crippen molar-refractivity contribution >= 4 is 23.4 Å². The van der Waals surface area contributed by atoms with Crippen LogP contribution in [0.4, 0.5) is 5.69 Å². The van der Waals surface area contributed by atoms with Crippen molar-refractivity contribution in [3.63, 3.8) is 0 Å². The van der Waals surface area contributed by atoms with Crippen LogP contribution in [-0.4, -0.2) is 28.5 Å². The molecule has 23 heavy (non-hydrogen) atoms. The maximum Gasteiger partial charge on any atom is 0.225 e. The molecule has 0 aliphatic carbocycles. The minimum Gasteiger partial charge on any atom is -0.326 e. The van der Waals surface area contributed by atoms with Gasteiger partial charge in [-0.3, -0.25) is 4.79 Å². The standard InChI is InChI=1S/C17H20N4OS/c1-12-10-14(23-17-19-8-3-9-20-17)5-6-15(12)21-16(22)11-13-4-2-7-18-13/h3,5-6,8-10,13,18H,2,4,7,11H2,1H3,(H,21,22). The molecule has 6 heteroatoms. The Kier molecular flexibility index (Phi) is 5.25. The van der Waals surface area contributed by atoms with E-state index >= 15 is 0 Å². The van der Waals surface area contributed by atoms with E-state index in [1.807, 2.05) is 25.1 Å². The Balaban J connectivity index is 1.61. The van der Waals surface area contributed by atoms with E-state index in [0.29, 0.717) is 12.5 Å². The van der Waals surface area contributed by atoms with Crippen LogP contribution in [0.3, 0.4) is 0 Å². The molecule has 2 N–H and O–H groups in total. The second kappa shape index (κ2) is 7.57. The van der Waals surface area contributed by atoms with E-state index in [0.717, 1.165) is 40.7 Å². The third kappa shape index (κ3) is 4.53. The Hall–Kier alpha value is -1.92. The molecule has 0 bridgehead atoms. The van der Waals surface area contributed by atoms with E-state index < -0.39 is 0 Å². The molecule has 1 fully saturated rings. The number of aryl methyl sites for hydroxylation is 1. The van der Waals surface area contributed by atoms with Crippen molar-refractivity contribution in [3.05, 3.63) is 42.2 Å². The Labute approximate surface area is 140 Å². The Morgan fingerprint density at radius 1 is 1.39 bits per heavy atom. The summed E-state index contributed by atoms with van der Waals surface area (Å²) in [6.45, 7) is 3.02. The second-order valence-electron chi connectivity index (χ2n) is 5.66. The van der Waals surface area contributed by atoms with Crippen LogP contribution >= 0.6 is 11.8 Å². The molecule has 1 aliphatic heterocycles. The summed E-state index contributed by atoms with van der Waals surface area (Å²) in [6.07, 6.45) is 6.24. The van der Waals surface area contributed by atoms with E-state index in [2.05, 4.69) is 20.6 Å². The topological polar surface area (TPSA) is 66.9 Å². The van der Waals surface area contributed by atoms with E-state index in [-0.39, 0.29) is 5.91 Å². The number of aromatic nitrogens is 2. The zero-order valence-corrected chi connectivity index (χ0v) is 13.9. The number of anilines is 1. The summed E-state index contributed by atoms with van der Waals surface area (Å²) in [4.78, 5) is 21.6. The number of hydrogen-bond acceptors (Lipinski definition) is 5. The van der Waals surface area contributed by atoms with Crippen LogP contribution in [0.15, 0.2) is 46.7 Å². The number of benzene rings is 1. The minimum absolute atomic E-state index is 0.0688. The molecule has 2 heterocycles. The van der Waals surface area contributed by atoms with Crippen LogP contribution in [0.5, 0.6) is 0 Å². The van der Waals surface area contributed by atoms with Crippen molar-refractivity contribution in [1.82, 2.24) is 15.3 Å². The average molecular weight is 328 g/mol. The van der Waals surface area contributed by atoms with Gasteiger partial charge in [-0.2, -0.15) is 0 Å². The maximum absolute atomic E-state index is 12.1. The number of amides is 1. The van der Waals surface area contributed by atoms with Gasteiger partial charge in [-0.25, -0.2) is 9.97 Å². The van der Waals surface area contributed by atoms with Crippen molar-refractivity contribution < 1.29 is 4.79 Å². The first kappa shape index (κ1) is 16.0. The number of carbonyl (C=O) groups excluding carboxylic acids is 1. The number of rotatable bonds is 5. The molecule has 5 nitrogen and oxygen atoms in total. The van der Waals surface area contributed by atoms with Gasteiger partial charge >= 0.3 is 0 Å². The molecule has 2 aromatic rings. The lowest BCUT2D eigenvalue weighted by molar-refractivity contribution is -0.116. The molecule has 1 aromatic heterocycles. The van der Waals surface area contributed by atoms with Crippen molar-refractivity contribution in [1.29, 1.82) is 0 Å². The van der Waals surface area contributed by atoms with Crippen molar-refractivity contribution in [3.8, 4) is 0 Å². The lowest BCUT2D eigenvalue weighted by atomic mass is 10.1. The normalized spacial score (nSPS) is 17.2. The van der Waals surface area contributed by atoms with Crippen molar-refractivity contribution in [2.45, 2.75) is 42.3 Å². The highest BCUT2D eigenvalue weighted by Crippen LogP contribution is 2.28. The lowest BCUT2D eigenvalue weighted by Crippen LogP contribution is -2.27. The molecule has 1 aromatic carbocycles. The first-order valence-electron chi connectivity index (χ1n) is 7.79. The molecular weight excluding hydrogens is 308 g/mol. The van der Waals surface area contributed by atoms with Gasteiger partial charge in [-0.05, 0) is 67.9 Å². The summed E-state index contributed by atoms with van der Waals surface area (Å²) in [5.41, 5.74) is 1.91. The summed E-state index contributed by atoms with van der Waals surface area (Å²) in [6, 6.07) is 8.09. The van der Waals surface area contributed by atoms with Gasteiger partial charge in [0.15, 0.2) is 5.16 Å². The van der Waals surface area contributed by atoms with E-state index in [1.54, 1.807) is 18.5 Å². The molecule has 1 atom stereocenters. The second-order valence-corrected chi connectivity index (χ2v) is 6.70. The molecular formula is C17H20N4OS. The van der Waals surface area contributed by atoms with Crippen LogP contribution in [-0.2, 0) is 4.79 Å². The highest BCUT2D eigenvalue weighted by molar-refractivity contribution is 7.99. The van der Waals surface area contributed by atoms with Gasteiger partial charge in [0.05, 0.1) is 0 Å². The molecule has 120 valence electrons. The first-order chi connectivity index (χ1) is 11.2. The Morgan fingerprint density at radius 2 is 2.22 bits per heavy atom. The highest BCUT2D eigenvalue weighted by Gasteiger charge is 2.18. The van der Waals surface area contributed by atoms with E-state index in [1.165, 1.54) is 11.8 Å². The Bertz CT molecular complexity index is 672. The quantitative estimate of drug-likeness (QED) is 0.826.